The van der Waals surface area contributed by atoms with Gasteiger partial charge in [-0.2, -0.15) is 0 Å². The van der Waals surface area contributed by atoms with Gasteiger partial charge in [0, 0.05) is 19.6 Å². The quantitative estimate of drug-likeness (QED) is 0.169. The molecule has 7 nitrogen and oxygen atoms in total. The van der Waals surface area contributed by atoms with E-state index in [-0.39, 0.29) is 71.3 Å². The molecule has 1 saturated heterocycles. The zero-order chi connectivity index (χ0) is 22.0. The minimum Gasteiger partial charge on any atom is -0.486 e. The molecule has 0 radical (unpaired) electrons. The second-order valence-corrected chi connectivity index (χ2v) is 8.33. The van der Waals surface area contributed by atoms with Crippen molar-refractivity contribution in [1.29, 1.82) is 0 Å². The van der Waals surface area contributed by atoms with Gasteiger partial charge >= 0.3 is 0 Å². The number of hydrogen-bond acceptors (Lipinski definition) is 4. The van der Waals surface area contributed by atoms with Gasteiger partial charge in [0.1, 0.15) is 6.10 Å². The summed E-state index contributed by atoms with van der Waals surface area (Å²) in [6.07, 6.45) is 4.80. The second kappa shape index (κ2) is 10.6. The molecule has 5 unspecified atom stereocenters. The van der Waals surface area contributed by atoms with E-state index in [1.165, 1.54) is 11.0 Å². The third kappa shape index (κ3) is 4.92. The van der Waals surface area contributed by atoms with Crippen molar-refractivity contribution in [2.45, 2.75) is 26.4 Å². The Hall–Kier alpha value is -2.17. The van der Waals surface area contributed by atoms with Crippen LogP contribution in [-0.2, 0) is 9.59 Å². The zero-order valence-electron chi connectivity index (χ0n) is 18.3. The van der Waals surface area contributed by atoms with Crippen LogP contribution in [0.1, 0.15) is 20.3 Å². The summed E-state index contributed by atoms with van der Waals surface area (Å²) in [5.41, 5.74) is 0. The molecule has 1 aliphatic heterocycles. The number of fused-ring (bicyclic) bond motifs is 5. The van der Waals surface area contributed by atoms with Crippen LogP contribution in [0, 0.1) is 29.5 Å². The number of allylic oxidation sites excluding steroid dienone is 2. The smallest absolute Gasteiger partial charge is 0.233 e. The molecule has 1 saturated carbocycles. The molecule has 0 spiro atoms. The highest BCUT2D eigenvalue weighted by molar-refractivity contribution is 14.0. The van der Waals surface area contributed by atoms with E-state index in [9.17, 15) is 14.0 Å². The van der Waals surface area contributed by atoms with Gasteiger partial charge in [-0.25, -0.2) is 9.38 Å². The number of aliphatic imine (C=N–C) groups is 1. The number of halogens is 2. The maximum absolute atomic E-state index is 13.7. The Morgan fingerprint density at radius 1 is 1.19 bits per heavy atom. The van der Waals surface area contributed by atoms with Crippen molar-refractivity contribution < 1.29 is 18.7 Å². The number of imide groups is 1. The van der Waals surface area contributed by atoms with Crippen LogP contribution >= 0.6 is 24.0 Å². The molecular formula is C23H30FIN4O3. The molecule has 0 aromatic heterocycles. The van der Waals surface area contributed by atoms with Crippen LogP contribution in [0.3, 0.4) is 0 Å². The number of guanidine groups is 1. The van der Waals surface area contributed by atoms with Crippen LogP contribution in [0.5, 0.6) is 5.75 Å². The van der Waals surface area contributed by atoms with Crippen LogP contribution in [0.15, 0.2) is 41.4 Å². The van der Waals surface area contributed by atoms with Crippen LogP contribution in [-0.4, -0.2) is 55.0 Å². The Bertz CT molecular complexity index is 879. The fourth-order valence-corrected chi connectivity index (χ4v) is 4.83. The van der Waals surface area contributed by atoms with E-state index in [2.05, 4.69) is 27.8 Å². The molecule has 3 aliphatic rings. The third-order valence-electron chi connectivity index (χ3n) is 6.21. The molecule has 5 atom stereocenters. The Labute approximate surface area is 204 Å². The van der Waals surface area contributed by atoms with Gasteiger partial charge in [-0.1, -0.05) is 24.3 Å². The van der Waals surface area contributed by atoms with Crippen molar-refractivity contribution in [3.05, 3.63) is 42.2 Å². The van der Waals surface area contributed by atoms with E-state index in [1.54, 1.807) is 18.2 Å². The number of carbonyl (C=O) groups is 2. The highest BCUT2D eigenvalue weighted by Gasteiger charge is 2.58. The molecule has 9 heteroatoms. The van der Waals surface area contributed by atoms with Gasteiger partial charge < -0.3 is 15.4 Å². The molecule has 2 bridgehead atoms. The number of likely N-dealkylation sites (tertiary alicyclic amines) is 1. The van der Waals surface area contributed by atoms with Crippen LogP contribution in [0.25, 0.3) is 0 Å². The molecule has 174 valence electrons. The Kier molecular flexibility index (Phi) is 8.13. The third-order valence-corrected chi connectivity index (χ3v) is 6.21. The van der Waals surface area contributed by atoms with Gasteiger partial charge in [0.2, 0.25) is 11.8 Å². The van der Waals surface area contributed by atoms with E-state index < -0.39 is 5.82 Å². The summed E-state index contributed by atoms with van der Waals surface area (Å²) in [4.78, 5) is 31.4. The van der Waals surface area contributed by atoms with E-state index in [1.807, 2.05) is 13.8 Å². The maximum Gasteiger partial charge on any atom is 0.233 e. The standard InChI is InChI=1S/C23H29FN4O3.HI/c1-3-25-23(27-13-14(2)31-18-7-5-4-6-17(18)24)26-10-11-28-21(29)19-15-8-9-16(12-15)20(19)22(28)30;/h4-9,14-16,19-20H,3,10-13H2,1-2H3,(H2,25,26,27);1H. The van der Waals surface area contributed by atoms with E-state index in [0.29, 0.717) is 32.1 Å². The number of nitrogens with zero attached hydrogens (tertiary/aromatic N) is 2. The van der Waals surface area contributed by atoms with Gasteiger partial charge in [-0.15, -0.1) is 24.0 Å². The Balaban J connectivity index is 0.00000289. The maximum atomic E-state index is 13.7. The number of rotatable bonds is 8. The number of hydrogen-bond donors (Lipinski definition) is 2. The van der Waals surface area contributed by atoms with Crippen LogP contribution in [0.2, 0.25) is 0 Å². The average Bonchev–Trinajstić information content (AvgIpc) is 3.43. The molecular weight excluding hydrogens is 526 g/mol. The first-order valence-electron chi connectivity index (χ1n) is 11.0. The van der Waals surface area contributed by atoms with Crippen LogP contribution < -0.4 is 15.4 Å². The van der Waals surface area contributed by atoms with Crippen molar-refractivity contribution in [2.24, 2.45) is 28.7 Å². The first-order chi connectivity index (χ1) is 15.0. The molecule has 32 heavy (non-hydrogen) atoms. The molecule has 1 aromatic rings. The van der Waals surface area contributed by atoms with Gasteiger partial charge in [0.25, 0.3) is 0 Å². The summed E-state index contributed by atoms with van der Waals surface area (Å²) in [6, 6.07) is 6.27. The highest BCUT2D eigenvalue weighted by Crippen LogP contribution is 2.52. The topological polar surface area (TPSA) is 83.0 Å². The lowest BCUT2D eigenvalue weighted by atomic mass is 9.85. The van der Waals surface area contributed by atoms with Gasteiger partial charge in [0.05, 0.1) is 18.4 Å². The van der Waals surface area contributed by atoms with Crippen molar-refractivity contribution in [3.8, 4) is 5.75 Å². The summed E-state index contributed by atoms with van der Waals surface area (Å²) in [6.45, 7) is 5.49. The fourth-order valence-electron chi connectivity index (χ4n) is 4.83. The number of nitrogens with one attached hydrogen (secondary N) is 2. The first kappa shape index (κ1) is 24.5. The molecule has 2 fully saturated rings. The van der Waals surface area contributed by atoms with Gasteiger partial charge in [-0.05, 0) is 44.2 Å². The number of ether oxygens (including phenoxy) is 1. The van der Waals surface area contributed by atoms with E-state index in [0.717, 1.165) is 6.42 Å². The summed E-state index contributed by atoms with van der Waals surface area (Å²) >= 11 is 0. The largest absolute Gasteiger partial charge is 0.486 e. The molecule has 1 aromatic carbocycles. The minimum absolute atomic E-state index is 0. The van der Waals surface area contributed by atoms with Gasteiger partial charge in [0.15, 0.2) is 17.5 Å². The van der Waals surface area contributed by atoms with E-state index in [4.69, 9.17) is 4.74 Å². The lowest BCUT2D eigenvalue weighted by molar-refractivity contribution is -0.140. The Morgan fingerprint density at radius 3 is 2.47 bits per heavy atom. The SMILES string of the molecule is CCNC(=NCC(C)Oc1ccccc1F)NCCN1C(=O)C2C3C=CC(C3)C2C1=O.I. The number of carbonyl (C=O) groups excluding carboxylic acids is 2. The lowest BCUT2D eigenvalue weighted by Crippen LogP contribution is -2.44. The lowest BCUT2D eigenvalue weighted by Gasteiger charge is -2.19. The molecule has 4 rings (SSSR count). The van der Waals surface area contributed by atoms with Gasteiger partial charge in [-0.3, -0.25) is 14.5 Å². The summed E-state index contributed by atoms with van der Waals surface area (Å²) in [5.74, 6) is 0.387. The predicted molar refractivity (Wildman–Crippen MR) is 130 cm³/mol. The average molecular weight is 556 g/mol. The summed E-state index contributed by atoms with van der Waals surface area (Å²) in [7, 11) is 0. The molecule has 1 heterocycles. The molecule has 2 amide bonds. The van der Waals surface area contributed by atoms with Crippen molar-refractivity contribution in [1.82, 2.24) is 15.5 Å². The predicted octanol–water partition coefficient (Wildman–Crippen LogP) is 2.57. The normalized spacial score (nSPS) is 26.7. The van der Waals surface area contributed by atoms with Crippen molar-refractivity contribution in [2.75, 3.05) is 26.2 Å². The number of amides is 2. The fraction of sp³-hybridized carbons (Fsp3) is 0.522. The van der Waals surface area contributed by atoms with E-state index >= 15 is 0 Å². The van der Waals surface area contributed by atoms with Crippen LogP contribution in [0.4, 0.5) is 4.39 Å². The second-order valence-electron chi connectivity index (χ2n) is 8.33. The molecule has 2 N–H and O–H groups in total. The first-order valence-corrected chi connectivity index (χ1v) is 11.0. The summed E-state index contributed by atoms with van der Waals surface area (Å²) < 4.78 is 19.4. The number of benzene rings is 1. The monoisotopic (exact) mass is 556 g/mol. The van der Waals surface area contributed by atoms with Crippen molar-refractivity contribution >= 4 is 41.8 Å². The number of para-hydroxylation sites is 1. The highest BCUT2D eigenvalue weighted by atomic mass is 127. The molecule has 2 aliphatic carbocycles. The zero-order valence-corrected chi connectivity index (χ0v) is 20.6. The summed E-state index contributed by atoms with van der Waals surface area (Å²) in [5, 5.41) is 6.31. The van der Waals surface area contributed by atoms with Crippen molar-refractivity contribution in [3.63, 3.8) is 0 Å². The minimum atomic E-state index is -0.406. The Morgan fingerprint density at radius 2 is 1.84 bits per heavy atom.